The molecule has 1 atom stereocenters. The lowest BCUT2D eigenvalue weighted by atomic mass is 10.1. The molecular formula is C18H18N4O4. The van der Waals surface area contributed by atoms with E-state index in [2.05, 4.69) is 9.72 Å². The van der Waals surface area contributed by atoms with Gasteiger partial charge in [-0.1, -0.05) is 18.2 Å². The highest BCUT2D eigenvalue weighted by Crippen LogP contribution is 2.26. The molecule has 0 fully saturated rings. The van der Waals surface area contributed by atoms with Crippen LogP contribution in [-0.2, 0) is 16.0 Å². The van der Waals surface area contributed by atoms with E-state index in [-0.39, 0.29) is 5.69 Å². The number of aryl methyl sites for hydroxylation is 1. The number of carbonyl (C=O) groups is 1. The van der Waals surface area contributed by atoms with Crippen LogP contribution < -0.4 is 5.73 Å². The Morgan fingerprint density at radius 2 is 2.04 bits per heavy atom. The quantitative estimate of drug-likeness (QED) is 0.413. The number of hydrogen-bond donors (Lipinski definition) is 1. The Hall–Kier alpha value is -3.26. The van der Waals surface area contributed by atoms with Crippen molar-refractivity contribution in [3.8, 4) is 5.69 Å². The zero-order valence-electron chi connectivity index (χ0n) is 14.2. The molecule has 8 nitrogen and oxygen atoms in total. The minimum absolute atomic E-state index is 0.0203. The first-order valence-corrected chi connectivity index (χ1v) is 8.06. The van der Waals surface area contributed by atoms with Gasteiger partial charge in [-0.3, -0.25) is 19.5 Å². The largest absolute Gasteiger partial charge is 0.468 e. The summed E-state index contributed by atoms with van der Waals surface area (Å²) in [7, 11) is 1.29. The summed E-state index contributed by atoms with van der Waals surface area (Å²) in [6.07, 6.45) is 0.776. The number of carbonyl (C=O) groups excluding carboxylic acids is 1. The van der Waals surface area contributed by atoms with E-state index in [0.29, 0.717) is 24.2 Å². The fourth-order valence-electron chi connectivity index (χ4n) is 2.82. The van der Waals surface area contributed by atoms with Crippen molar-refractivity contribution in [2.24, 2.45) is 5.73 Å². The highest BCUT2D eigenvalue weighted by atomic mass is 16.6. The summed E-state index contributed by atoms with van der Waals surface area (Å²) in [6, 6.07) is 13.4. The molecule has 8 heteroatoms. The Bertz CT molecular complexity index is 952. The average Bonchev–Trinajstić information content (AvgIpc) is 3.03. The lowest BCUT2D eigenvalue weighted by Gasteiger charge is -2.11. The van der Waals surface area contributed by atoms with Crippen LogP contribution >= 0.6 is 0 Å². The van der Waals surface area contributed by atoms with Crippen LogP contribution in [0.3, 0.4) is 0 Å². The first kappa shape index (κ1) is 17.6. The third-order valence-corrected chi connectivity index (χ3v) is 4.12. The summed E-state index contributed by atoms with van der Waals surface area (Å²) in [5.41, 5.74) is 7.95. The smallest absolute Gasteiger partial charge is 0.322 e. The Labute approximate surface area is 149 Å². The Morgan fingerprint density at radius 3 is 2.69 bits per heavy atom. The van der Waals surface area contributed by atoms with Gasteiger partial charge in [-0.25, -0.2) is 4.98 Å². The standard InChI is InChI=1S/C18H18N4O4/c1-26-18(23)14(19)8-10-17-20-15-11-13(22(24)25)7-9-16(15)21(17)12-5-3-2-4-6-12/h2-7,9,11,14H,8,10,19H2,1H3. The zero-order chi connectivity index (χ0) is 18.7. The van der Waals surface area contributed by atoms with Gasteiger partial charge in [0.05, 0.1) is 23.1 Å². The van der Waals surface area contributed by atoms with Crippen molar-refractivity contribution >= 4 is 22.7 Å². The minimum atomic E-state index is -0.752. The first-order valence-electron chi connectivity index (χ1n) is 8.06. The number of ether oxygens (including phenoxy) is 1. The number of nitro benzene ring substituents is 1. The molecule has 0 aliphatic carbocycles. The SMILES string of the molecule is COC(=O)C(N)CCc1nc2cc([N+](=O)[O-])ccc2n1-c1ccccc1. The van der Waals surface area contributed by atoms with Crippen molar-refractivity contribution in [1.29, 1.82) is 0 Å². The molecule has 1 unspecified atom stereocenters. The van der Waals surface area contributed by atoms with E-state index in [1.807, 2.05) is 34.9 Å². The maximum absolute atomic E-state index is 11.5. The molecule has 0 amide bonds. The Balaban J connectivity index is 2.05. The molecule has 3 aromatic rings. The molecule has 134 valence electrons. The lowest BCUT2D eigenvalue weighted by Crippen LogP contribution is -2.32. The van der Waals surface area contributed by atoms with Crippen LogP contribution in [0.2, 0.25) is 0 Å². The van der Waals surface area contributed by atoms with Gasteiger partial charge in [-0.05, 0) is 24.6 Å². The topological polar surface area (TPSA) is 113 Å². The minimum Gasteiger partial charge on any atom is -0.468 e. The number of nitrogens with two attached hydrogens (primary N) is 1. The maximum Gasteiger partial charge on any atom is 0.322 e. The first-order chi connectivity index (χ1) is 12.5. The highest BCUT2D eigenvalue weighted by molar-refractivity contribution is 5.81. The molecule has 0 aliphatic rings. The van der Waals surface area contributed by atoms with E-state index in [1.165, 1.54) is 19.2 Å². The molecule has 1 heterocycles. The number of hydrogen-bond acceptors (Lipinski definition) is 6. The second-order valence-electron chi connectivity index (χ2n) is 5.80. The maximum atomic E-state index is 11.5. The van der Waals surface area contributed by atoms with E-state index >= 15 is 0 Å². The van der Waals surface area contributed by atoms with Gasteiger partial charge < -0.3 is 10.5 Å². The molecule has 0 spiro atoms. The number of benzene rings is 2. The van der Waals surface area contributed by atoms with Crippen molar-refractivity contribution in [3.05, 3.63) is 64.5 Å². The van der Waals surface area contributed by atoms with Crippen LogP contribution in [0.5, 0.6) is 0 Å². The molecule has 0 bridgehead atoms. The van der Waals surface area contributed by atoms with Crippen molar-refractivity contribution in [1.82, 2.24) is 9.55 Å². The molecule has 0 saturated carbocycles. The monoisotopic (exact) mass is 354 g/mol. The van der Waals surface area contributed by atoms with E-state index in [0.717, 1.165) is 11.2 Å². The van der Waals surface area contributed by atoms with Crippen LogP contribution in [0.15, 0.2) is 48.5 Å². The van der Waals surface area contributed by atoms with E-state index < -0.39 is 16.9 Å². The van der Waals surface area contributed by atoms with Crippen LogP contribution in [0.1, 0.15) is 12.2 Å². The summed E-state index contributed by atoms with van der Waals surface area (Å²) in [5.74, 6) is 0.189. The molecule has 2 aromatic carbocycles. The Kier molecular flexibility index (Phi) is 4.94. The summed E-state index contributed by atoms with van der Waals surface area (Å²) < 4.78 is 6.57. The number of methoxy groups -OCH3 is 1. The second-order valence-corrected chi connectivity index (χ2v) is 5.80. The van der Waals surface area contributed by atoms with E-state index in [1.54, 1.807) is 6.07 Å². The number of non-ortho nitro benzene ring substituents is 1. The van der Waals surface area contributed by atoms with Gasteiger partial charge >= 0.3 is 5.97 Å². The van der Waals surface area contributed by atoms with Crippen LogP contribution in [-0.4, -0.2) is 33.6 Å². The summed E-state index contributed by atoms with van der Waals surface area (Å²) >= 11 is 0. The molecule has 2 N–H and O–H groups in total. The van der Waals surface area contributed by atoms with Gasteiger partial charge in [0.15, 0.2) is 0 Å². The predicted octanol–water partition coefficient (Wildman–Crippen LogP) is 2.37. The van der Waals surface area contributed by atoms with Crippen LogP contribution in [0, 0.1) is 10.1 Å². The van der Waals surface area contributed by atoms with Crippen molar-refractivity contribution in [2.75, 3.05) is 7.11 Å². The van der Waals surface area contributed by atoms with Crippen molar-refractivity contribution in [2.45, 2.75) is 18.9 Å². The van der Waals surface area contributed by atoms with Crippen molar-refractivity contribution in [3.63, 3.8) is 0 Å². The fourth-order valence-corrected chi connectivity index (χ4v) is 2.82. The number of fused-ring (bicyclic) bond motifs is 1. The molecule has 26 heavy (non-hydrogen) atoms. The highest BCUT2D eigenvalue weighted by Gasteiger charge is 2.19. The fraction of sp³-hybridized carbons (Fsp3) is 0.222. The number of rotatable bonds is 6. The molecule has 0 radical (unpaired) electrons. The molecule has 1 aromatic heterocycles. The number of aromatic nitrogens is 2. The zero-order valence-corrected chi connectivity index (χ0v) is 14.2. The average molecular weight is 354 g/mol. The third-order valence-electron chi connectivity index (χ3n) is 4.12. The number of imidazole rings is 1. The van der Waals surface area contributed by atoms with Crippen molar-refractivity contribution < 1.29 is 14.5 Å². The predicted molar refractivity (Wildman–Crippen MR) is 96.0 cm³/mol. The number of nitrogens with zero attached hydrogens (tertiary/aromatic N) is 3. The number of nitro groups is 1. The third kappa shape index (κ3) is 3.40. The Morgan fingerprint density at radius 1 is 1.31 bits per heavy atom. The normalized spacial score (nSPS) is 12.1. The van der Waals surface area contributed by atoms with Gasteiger partial charge in [0.2, 0.25) is 0 Å². The lowest BCUT2D eigenvalue weighted by molar-refractivity contribution is -0.384. The molecule has 0 aliphatic heterocycles. The van der Waals surface area contributed by atoms with Gasteiger partial charge in [-0.2, -0.15) is 0 Å². The van der Waals surface area contributed by atoms with Crippen LogP contribution in [0.25, 0.3) is 16.7 Å². The van der Waals surface area contributed by atoms with Gasteiger partial charge in [0.1, 0.15) is 11.9 Å². The van der Waals surface area contributed by atoms with Crippen LogP contribution in [0.4, 0.5) is 5.69 Å². The second kappa shape index (κ2) is 7.32. The molecule has 3 rings (SSSR count). The number of esters is 1. The summed E-state index contributed by atoms with van der Waals surface area (Å²) in [6.45, 7) is 0. The summed E-state index contributed by atoms with van der Waals surface area (Å²) in [4.78, 5) is 26.7. The van der Waals surface area contributed by atoms with Gasteiger partial charge in [-0.15, -0.1) is 0 Å². The number of para-hydroxylation sites is 1. The van der Waals surface area contributed by atoms with E-state index in [9.17, 15) is 14.9 Å². The van der Waals surface area contributed by atoms with E-state index in [4.69, 9.17) is 5.73 Å². The molecule has 0 saturated heterocycles. The molecular weight excluding hydrogens is 336 g/mol. The van der Waals surface area contributed by atoms with Gasteiger partial charge in [0.25, 0.3) is 5.69 Å². The summed E-state index contributed by atoms with van der Waals surface area (Å²) in [5, 5.41) is 11.0. The van der Waals surface area contributed by atoms with Gasteiger partial charge in [0, 0.05) is 24.2 Å².